The number of carbonyl (C=O) groups is 1. The van der Waals surface area contributed by atoms with Gasteiger partial charge in [0.1, 0.15) is 16.6 Å². The summed E-state index contributed by atoms with van der Waals surface area (Å²) in [6, 6.07) is 9.32. The fourth-order valence-electron chi connectivity index (χ4n) is 4.41. The largest absolute Gasteiger partial charge is 0.457 e. The van der Waals surface area contributed by atoms with Crippen molar-refractivity contribution >= 4 is 51.4 Å². The molecule has 170 valence electrons. The summed E-state index contributed by atoms with van der Waals surface area (Å²) in [7, 11) is 0. The summed E-state index contributed by atoms with van der Waals surface area (Å²) in [6.45, 7) is 1.94. The molecule has 1 aliphatic carbocycles. The maximum Gasteiger partial charge on any atom is 0.283 e. The van der Waals surface area contributed by atoms with Crippen molar-refractivity contribution < 1.29 is 9.21 Å². The predicted octanol–water partition coefficient (Wildman–Crippen LogP) is 6.89. The molecular formula is C25H25ClN4O2S. The highest BCUT2D eigenvalue weighted by Crippen LogP contribution is 2.34. The second-order valence-corrected chi connectivity index (χ2v) is 10.2. The van der Waals surface area contributed by atoms with Crippen LogP contribution in [0.3, 0.4) is 0 Å². The number of aryl methyl sites for hydroxylation is 1. The molecule has 2 aromatic rings. The molecule has 0 saturated heterocycles. The third-order valence-electron chi connectivity index (χ3n) is 6.36. The van der Waals surface area contributed by atoms with E-state index in [1.54, 1.807) is 12.1 Å². The van der Waals surface area contributed by atoms with Crippen molar-refractivity contribution in [3.05, 3.63) is 52.3 Å². The Kier molecular flexibility index (Phi) is 6.25. The van der Waals surface area contributed by atoms with Crippen LogP contribution in [0.5, 0.6) is 0 Å². The molecule has 3 aliphatic rings. The molecule has 1 amide bonds. The molecule has 0 unspecified atom stereocenters. The highest BCUT2D eigenvalue weighted by molar-refractivity contribution is 8.26. The van der Waals surface area contributed by atoms with E-state index < -0.39 is 5.91 Å². The molecule has 3 heterocycles. The standard InChI is InChI=1S/C25H25ClN4O2S/c1-15-7-9-17(13-20(15)26)21-11-10-18(32-21)14-19-23(27)30-25(28-24(19)31)33-22(29-30)12-8-16-5-3-2-4-6-16/h7,9-11,13-14,16,27H,2-6,8,12H2,1H3. The van der Waals surface area contributed by atoms with E-state index in [-0.39, 0.29) is 11.4 Å². The first kappa shape index (κ1) is 22.2. The van der Waals surface area contributed by atoms with Crippen LogP contribution in [0.1, 0.15) is 56.3 Å². The number of nitrogens with zero attached hydrogens (tertiary/aromatic N) is 3. The van der Waals surface area contributed by atoms with Gasteiger partial charge in [0.2, 0.25) is 5.17 Å². The highest BCUT2D eigenvalue weighted by atomic mass is 35.5. The van der Waals surface area contributed by atoms with Gasteiger partial charge < -0.3 is 4.42 Å². The number of thioether (sulfide) groups is 1. The summed E-state index contributed by atoms with van der Waals surface area (Å²) in [4.78, 5) is 16.9. The lowest BCUT2D eigenvalue weighted by molar-refractivity contribution is -0.114. The second kappa shape index (κ2) is 9.31. The van der Waals surface area contributed by atoms with Gasteiger partial charge in [-0.25, -0.2) is 0 Å². The van der Waals surface area contributed by atoms with Crippen molar-refractivity contribution in [1.29, 1.82) is 5.41 Å². The van der Waals surface area contributed by atoms with Crippen molar-refractivity contribution in [3.8, 4) is 11.3 Å². The lowest BCUT2D eigenvalue weighted by atomic mass is 9.86. The first-order valence-corrected chi connectivity index (χ1v) is 12.5. The molecule has 1 aromatic heterocycles. The van der Waals surface area contributed by atoms with Gasteiger partial charge in [0.05, 0.1) is 5.57 Å². The number of nitrogens with one attached hydrogen (secondary N) is 1. The van der Waals surface area contributed by atoms with Crippen LogP contribution in [0.25, 0.3) is 17.4 Å². The van der Waals surface area contributed by atoms with Gasteiger partial charge in [0, 0.05) is 10.6 Å². The van der Waals surface area contributed by atoms with Gasteiger partial charge in [-0.05, 0) is 67.3 Å². The van der Waals surface area contributed by atoms with Crippen LogP contribution in [-0.4, -0.2) is 27.0 Å². The number of rotatable bonds is 5. The first-order valence-electron chi connectivity index (χ1n) is 11.3. The molecule has 5 rings (SSSR count). The van der Waals surface area contributed by atoms with Crippen molar-refractivity contribution in [1.82, 2.24) is 5.01 Å². The lowest BCUT2D eigenvalue weighted by Crippen LogP contribution is -2.35. The SMILES string of the molecule is Cc1ccc(-c2ccc(C=C3C(=N)N4N=C(CCC5CCCCC5)SC4=NC3=O)o2)cc1Cl. The number of hydrazone groups is 1. The van der Waals surface area contributed by atoms with E-state index in [1.165, 1.54) is 48.9 Å². The number of furan rings is 1. The Hall–Kier alpha value is -2.64. The van der Waals surface area contributed by atoms with E-state index in [2.05, 4.69) is 10.1 Å². The van der Waals surface area contributed by atoms with Crippen LogP contribution in [0.4, 0.5) is 0 Å². The van der Waals surface area contributed by atoms with Crippen LogP contribution in [0, 0.1) is 18.3 Å². The Morgan fingerprint density at radius 3 is 2.85 bits per heavy atom. The average Bonchev–Trinajstić information content (AvgIpc) is 3.45. The average molecular weight is 481 g/mol. The van der Waals surface area contributed by atoms with E-state index >= 15 is 0 Å². The Bertz CT molecular complexity index is 1210. The van der Waals surface area contributed by atoms with Crippen LogP contribution in [0.2, 0.25) is 5.02 Å². The van der Waals surface area contributed by atoms with Crippen LogP contribution in [-0.2, 0) is 4.79 Å². The van der Waals surface area contributed by atoms with Gasteiger partial charge in [-0.2, -0.15) is 15.1 Å². The van der Waals surface area contributed by atoms with Crippen LogP contribution < -0.4 is 0 Å². The summed E-state index contributed by atoms with van der Waals surface area (Å²) in [5.41, 5.74) is 2.01. The van der Waals surface area contributed by atoms with Crippen molar-refractivity contribution in [2.45, 2.75) is 51.9 Å². The lowest BCUT2D eigenvalue weighted by Gasteiger charge is -2.20. The Labute approximate surface area is 202 Å². The predicted molar refractivity (Wildman–Crippen MR) is 135 cm³/mol. The topological polar surface area (TPSA) is 82.0 Å². The van der Waals surface area contributed by atoms with Crippen LogP contribution in [0.15, 0.2) is 50.4 Å². The van der Waals surface area contributed by atoms with Gasteiger partial charge in [-0.15, -0.1) is 0 Å². The number of hydrogen-bond donors (Lipinski definition) is 1. The van der Waals surface area contributed by atoms with Gasteiger partial charge in [0.15, 0.2) is 5.84 Å². The molecule has 1 fully saturated rings. The zero-order valence-corrected chi connectivity index (χ0v) is 20.0. The highest BCUT2D eigenvalue weighted by Gasteiger charge is 2.35. The van der Waals surface area contributed by atoms with E-state index in [0.717, 1.165) is 34.9 Å². The fraction of sp³-hybridized carbons (Fsp3) is 0.360. The molecule has 1 saturated carbocycles. The van der Waals surface area contributed by atoms with E-state index in [4.69, 9.17) is 21.4 Å². The zero-order chi connectivity index (χ0) is 22.9. The minimum atomic E-state index is -0.446. The van der Waals surface area contributed by atoms with Crippen molar-refractivity contribution in [3.63, 3.8) is 0 Å². The Morgan fingerprint density at radius 2 is 2.06 bits per heavy atom. The van der Waals surface area contributed by atoms with Crippen molar-refractivity contribution in [2.75, 3.05) is 0 Å². The van der Waals surface area contributed by atoms with Gasteiger partial charge >= 0.3 is 0 Å². The summed E-state index contributed by atoms with van der Waals surface area (Å²) < 4.78 is 5.91. The number of hydrogen-bond acceptors (Lipinski definition) is 5. The molecule has 1 aromatic carbocycles. The third-order valence-corrected chi connectivity index (χ3v) is 7.73. The monoisotopic (exact) mass is 480 g/mol. The zero-order valence-electron chi connectivity index (χ0n) is 18.4. The number of amides is 1. The van der Waals surface area contributed by atoms with E-state index in [1.807, 2.05) is 31.2 Å². The molecule has 1 N–H and O–H groups in total. The summed E-state index contributed by atoms with van der Waals surface area (Å²) in [5, 5.41) is 16.7. The number of benzene rings is 1. The number of halogens is 1. The minimum Gasteiger partial charge on any atom is -0.457 e. The number of carbonyl (C=O) groups excluding carboxylic acids is 1. The summed E-state index contributed by atoms with van der Waals surface area (Å²) in [6.07, 6.45) is 10.1. The third kappa shape index (κ3) is 4.70. The Morgan fingerprint density at radius 1 is 1.24 bits per heavy atom. The fourth-order valence-corrected chi connectivity index (χ4v) is 5.49. The minimum absolute atomic E-state index is 0.0292. The molecule has 0 bridgehead atoms. The molecule has 2 aliphatic heterocycles. The number of aliphatic imine (C=N–C) groups is 1. The van der Waals surface area contributed by atoms with E-state index in [0.29, 0.717) is 21.7 Å². The normalized spacial score (nSPS) is 20.3. The molecule has 0 spiro atoms. The maximum absolute atomic E-state index is 12.7. The number of amidine groups is 2. The number of fused-ring (bicyclic) bond motifs is 1. The smallest absolute Gasteiger partial charge is 0.283 e. The van der Waals surface area contributed by atoms with Gasteiger partial charge in [0.25, 0.3) is 5.91 Å². The molecular weight excluding hydrogens is 456 g/mol. The summed E-state index contributed by atoms with van der Waals surface area (Å²) in [5.74, 6) is 1.46. The summed E-state index contributed by atoms with van der Waals surface area (Å²) >= 11 is 7.64. The maximum atomic E-state index is 12.7. The first-order chi connectivity index (χ1) is 16.0. The molecule has 6 nitrogen and oxygen atoms in total. The Balaban J connectivity index is 1.32. The van der Waals surface area contributed by atoms with Gasteiger partial charge in [-0.1, -0.05) is 55.8 Å². The second-order valence-electron chi connectivity index (χ2n) is 8.72. The van der Waals surface area contributed by atoms with Gasteiger partial charge in [-0.3, -0.25) is 10.2 Å². The quantitative estimate of drug-likeness (QED) is 0.472. The van der Waals surface area contributed by atoms with Crippen LogP contribution >= 0.6 is 23.4 Å². The van der Waals surface area contributed by atoms with E-state index in [9.17, 15) is 4.79 Å². The van der Waals surface area contributed by atoms with Crippen molar-refractivity contribution in [2.24, 2.45) is 16.0 Å². The molecule has 0 atom stereocenters. The molecule has 0 radical (unpaired) electrons. The molecule has 33 heavy (non-hydrogen) atoms. The molecule has 8 heteroatoms.